The van der Waals surface area contributed by atoms with E-state index in [0.29, 0.717) is 11.4 Å². The summed E-state index contributed by atoms with van der Waals surface area (Å²) in [6.45, 7) is 0. The molecule has 0 bridgehead atoms. The number of carbonyl (C=O) groups is 1. The van der Waals surface area contributed by atoms with Gasteiger partial charge in [0.15, 0.2) is 0 Å². The van der Waals surface area contributed by atoms with E-state index < -0.39 is 5.97 Å². The number of carboxylic acids is 1. The van der Waals surface area contributed by atoms with Gasteiger partial charge in [-0.1, -0.05) is 78.3 Å². The first kappa shape index (κ1) is 18.0. The summed E-state index contributed by atoms with van der Waals surface area (Å²) in [6, 6.07) is 25.8. The highest BCUT2D eigenvalue weighted by molar-refractivity contribution is 6.30. The van der Waals surface area contributed by atoms with Crippen LogP contribution in [0, 0.1) is 0 Å². The van der Waals surface area contributed by atoms with Crippen molar-refractivity contribution in [3.8, 4) is 11.1 Å². The van der Waals surface area contributed by atoms with Crippen LogP contribution in [0.3, 0.4) is 0 Å². The lowest BCUT2D eigenvalue weighted by Gasteiger charge is -2.09. The Balaban J connectivity index is 1.79. The summed E-state index contributed by atoms with van der Waals surface area (Å²) in [5, 5.41) is 9.92. The molecule has 0 radical (unpaired) electrons. The summed E-state index contributed by atoms with van der Waals surface area (Å²) in [5.41, 5.74) is 5.13. The van der Waals surface area contributed by atoms with Crippen LogP contribution in [0.15, 0.2) is 84.9 Å². The predicted octanol–water partition coefficient (Wildman–Crippen LogP) is 6.11. The zero-order valence-electron chi connectivity index (χ0n) is 14.2. The molecule has 0 aliphatic rings. The molecule has 1 N–H and O–H groups in total. The lowest BCUT2D eigenvalue weighted by Crippen LogP contribution is -1.95. The van der Waals surface area contributed by atoms with E-state index in [1.165, 1.54) is 6.08 Å². The number of hydrogen-bond donors (Lipinski definition) is 1. The first-order valence-electron chi connectivity index (χ1n) is 8.45. The van der Waals surface area contributed by atoms with Crippen molar-refractivity contribution < 1.29 is 9.90 Å². The molecule has 26 heavy (non-hydrogen) atoms. The molecule has 3 rings (SSSR count). The van der Waals surface area contributed by atoms with E-state index in [2.05, 4.69) is 12.1 Å². The van der Waals surface area contributed by atoms with Gasteiger partial charge in [-0.2, -0.15) is 0 Å². The molecule has 0 saturated carbocycles. The van der Waals surface area contributed by atoms with E-state index in [1.807, 2.05) is 66.7 Å². The van der Waals surface area contributed by atoms with Crippen molar-refractivity contribution in [2.45, 2.75) is 12.8 Å². The van der Waals surface area contributed by atoms with Gasteiger partial charge in [0.2, 0.25) is 0 Å². The van der Waals surface area contributed by atoms with Crippen LogP contribution in [0.4, 0.5) is 0 Å². The number of benzene rings is 3. The van der Waals surface area contributed by atoms with Crippen LogP contribution in [0.25, 0.3) is 16.7 Å². The normalized spacial score (nSPS) is 11.3. The minimum Gasteiger partial charge on any atom is -0.478 e. The number of carboxylic acid groups (broad SMARTS) is 1. The Morgan fingerprint density at radius 1 is 0.846 bits per heavy atom. The third-order valence-corrected chi connectivity index (χ3v) is 4.51. The van der Waals surface area contributed by atoms with E-state index in [1.54, 1.807) is 0 Å². The van der Waals surface area contributed by atoms with Gasteiger partial charge in [0, 0.05) is 11.1 Å². The van der Waals surface area contributed by atoms with Crippen LogP contribution in [0.1, 0.15) is 17.5 Å². The maximum Gasteiger partial charge on any atom is 0.328 e. The van der Waals surface area contributed by atoms with Gasteiger partial charge in [0.1, 0.15) is 0 Å². The van der Waals surface area contributed by atoms with Crippen LogP contribution in [-0.2, 0) is 11.2 Å². The number of halogens is 1. The molecule has 0 spiro atoms. The van der Waals surface area contributed by atoms with E-state index in [9.17, 15) is 9.90 Å². The monoisotopic (exact) mass is 362 g/mol. The van der Waals surface area contributed by atoms with Crippen molar-refractivity contribution in [1.29, 1.82) is 0 Å². The highest BCUT2D eigenvalue weighted by atomic mass is 35.5. The first-order chi connectivity index (χ1) is 12.6. The van der Waals surface area contributed by atoms with Crippen LogP contribution in [0.5, 0.6) is 0 Å². The van der Waals surface area contributed by atoms with Gasteiger partial charge >= 0.3 is 5.97 Å². The summed E-state index contributed by atoms with van der Waals surface area (Å²) < 4.78 is 0. The molecule has 0 atom stereocenters. The largest absolute Gasteiger partial charge is 0.478 e. The number of hydrogen-bond acceptors (Lipinski definition) is 1. The molecule has 0 aromatic heterocycles. The van der Waals surface area contributed by atoms with Crippen molar-refractivity contribution in [3.05, 3.63) is 101 Å². The Bertz CT molecular complexity index is 895. The van der Waals surface area contributed by atoms with Gasteiger partial charge in [0.25, 0.3) is 0 Å². The second kappa shape index (κ2) is 8.50. The summed E-state index contributed by atoms with van der Waals surface area (Å²) in [5.74, 6) is -0.928. The molecule has 3 aromatic carbocycles. The van der Waals surface area contributed by atoms with Crippen molar-refractivity contribution in [3.63, 3.8) is 0 Å². The molecule has 0 saturated heterocycles. The SMILES string of the molecule is O=C(O)/C=C(\CCc1ccc(Cl)cc1)c1ccc(-c2ccccc2)cc1. The third-order valence-electron chi connectivity index (χ3n) is 4.26. The average Bonchev–Trinajstić information content (AvgIpc) is 2.67. The molecule has 0 fully saturated rings. The third kappa shape index (κ3) is 4.84. The quantitative estimate of drug-likeness (QED) is 0.537. The lowest BCUT2D eigenvalue weighted by atomic mass is 9.96. The summed E-state index contributed by atoms with van der Waals surface area (Å²) in [7, 11) is 0. The lowest BCUT2D eigenvalue weighted by molar-refractivity contribution is -0.131. The summed E-state index contributed by atoms with van der Waals surface area (Å²) in [6.07, 6.45) is 2.71. The van der Waals surface area contributed by atoms with Gasteiger partial charge in [0.05, 0.1) is 0 Å². The number of aryl methyl sites for hydroxylation is 1. The molecule has 2 nitrogen and oxygen atoms in total. The fourth-order valence-corrected chi connectivity index (χ4v) is 3.01. The number of aliphatic carboxylic acids is 1. The molecule has 0 heterocycles. The minimum atomic E-state index is -0.928. The molecule has 3 heteroatoms. The van der Waals surface area contributed by atoms with Gasteiger partial charge in [-0.15, -0.1) is 0 Å². The van der Waals surface area contributed by atoms with Crippen molar-refractivity contribution in [1.82, 2.24) is 0 Å². The van der Waals surface area contributed by atoms with E-state index in [4.69, 9.17) is 11.6 Å². The molecule has 0 unspecified atom stereocenters. The Hall–Kier alpha value is -2.84. The maximum absolute atomic E-state index is 11.2. The van der Waals surface area contributed by atoms with E-state index >= 15 is 0 Å². The molecule has 3 aromatic rings. The van der Waals surface area contributed by atoms with Gasteiger partial charge in [-0.05, 0) is 52.8 Å². The zero-order valence-corrected chi connectivity index (χ0v) is 15.0. The Kier molecular flexibility index (Phi) is 5.88. The standard InChI is InChI=1S/C23H19ClO2/c24-22-14-7-17(8-15-22)6-9-21(16-23(25)26)20-12-10-19(11-13-20)18-4-2-1-3-5-18/h1-5,7-8,10-16H,6,9H2,(H,25,26)/b21-16+. The average molecular weight is 363 g/mol. The minimum absolute atomic E-state index is 0.651. The summed E-state index contributed by atoms with van der Waals surface area (Å²) in [4.78, 5) is 11.2. The Morgan fingerprint density at radius 2 is 1.46 bits per heavy atom. The van der Waals surface area contributed by atoms with E-state index in [0.717, 1.165) is 34.2 Å². The summed E-state index contributed by atoms with van der Waals surface area (Å²) >= 11 is 5.92. The Labute approximate surface area is 158 Å². The number of allylic oxidation sites excluding steroid dienone is 1. The number of rotatable bonds is 6. The highest BCUT2D eigenvalue weighted by Gasteiger charge is 2.06. The zero-order chi connectivity index (χ0) is 18.4. The molecule has 0 amide bonds. The predicted molar refractivity (Wildman–Crippen MR) is 107 cm³/mol. The van der Waals surface area contributed by atoms with Crippen LogP contribution >= 0.6 is 11.6 Å². The molecule has 130 valence electrons. The smallest absolute Gasteiger partial charge is 0.328 e. The second-order valence-corrected chi connectivity index (χ2v) is 6.51. The maximum atomic E-state index is 11.2. The topological polar surface area (TPSA) is 37.3 Å². The molecule has 0 aliphatic heterocycles. The first-order valence-corrected chi connectivity index (χ1v) is 8.83. The van der Waals surface area contributed by atoms with Gasteiger partial charge in [-0.3, -0.25) is 0 Å². The van der Waals surface area contributed by atoms with Crippen molar-refractivity contribution >= 4 is 23.1 Å². The molecular weight excluding hydrogens is 344 g/mol. The fraction of sp³-hybridized carbons (Fsp3) is 0.0870. The van der Waals surface area contributed by atoms with Gasteiger partial charge < -0.3 is 5.11 Å². The van der Waals surface area contributed by atoms with Crippen LogP contribution in [0.2, 0.25) is 5.02 Å². The fourth-order valence-electron chi connectivity index (χ4n) is 2.89. The Morgan fingerprint density at radius 3 is 2.08 bits per heavy atom. The van der Waals surface area contributed by atoms with Gasteiger partial charge in [-0.25, -0.2) is 4.79 Å². The molecule has 0 aliphatic carbocycles. The molecular formula is C23H19ClO2. The highest BCUT2D eigenvalue weighted by Crippen LogP contribution is 2.25. The van der Waals surface area contributed by atoms with E-state index in [-0.39, 0.29) is 0 Å². The van der Waals surface area contributed by atoms with Crippen LogP contribution < -0.4 is 0 Å². The second-order valence-electron chi connectivity index (χ2n) is 6.08. The van der Waals surface area contributed by atoms with Crippen LogP contribution in [-0.4, -0.2) is 11.1 Å². The van der Waals surface area contributed by atoms with Crippen molar-refractivity contribution in [2.24, 2.45) is 0 Å². The van der Waals surface area contributed by atoms with Crippen molar-refractivity contribution in [2.75, 3.05) is 0 Å².